The Hall–Kier alpha value is -2.44. The summed E-state index contributed by atoms with van der Waals surface area (Å²) in [5.74, 6) is 3.37. The zero-order valence-corrected chi connectivity index (χ0v) is 20.2. The molecule has 2 N–H and O–H groups in total. The van der Waals surface area contributed by atoms with E-state index in [9.17, 15) is 4.79 Å². The second-order valence-electron chi connectivity index (χ2n) is 9.01. The predicted molar refractivity (Wildman–Crippen MR) is 128 cm³/mol. The van der Waals surface area contributed by atoms with Gasteiger partial charge in [0.25, 0.3) is 0 Å². The Labute approximate surface area is 192 Å². The number of hydrogen-bond acceptors (Lipinski definition) is 4. The van der Waals surface area contributed by atoms with Crippen LogP contribution in [0.5, 0.6) is 11.5 Å². The van der Waals surface area contributed by atoms with Gasteiger partial charge in [0.2, 0.25) is 5.91 Å². The summed E-state index contributed by atoms with van der Waals surface area (Å²) < 4.78 is 10.8. The summed E-state index contributed by atoms with van der Waals surface area (Å²) in [4.78, 5) is 19.5. The first kappa shape index (κ1) is 24.2. The molecule has 1 aromatic rings. The molecule has 1 aromatic carbocycles. The maximum atomic E-state index is 12.8. The molecule has 0 spiro atoms. The molecule has 0 aromatic heterocycles. The van der Waals surface area contributed by atoms with E-state index in [4.69, 9.17) is 14.5 Å². The standard InChI is InChI=1S/C25H40N4O3/c1-5-26-25(28-21-10-8-18(2)9-11-21)27-13-6-7-24(30)29-14-12-19-15-22(31-3)23(32-4)16-20(19)17-29/h15-16,18,21H,5-14,17H2,1-4H3,(H2,26,27,28). The van der Waals surface area contributed by atoms with Crippen molar-refractivity contribution in [2.75, 3.05) is 33.9 Å². The molecule has 0 unspecified atom stereocenters. The van der Waals surface area contributed by atoms with Gasteiger partial charge in [-0.2, -0.15) is 0 Å². The van der Waals surface area contributed by atoms with Crippen molar-refractivity contribution in [1.29, 1.82) is 0 Å². The molecule has 0 bridgehead atoms. The second kappa shape index (κ2) is 12.0. The zero-order chi connectivity index (χ0) is 22.9. The molecule has 1 aliphatic heterocycles. The van der Waals surface area contributed by atoms with Gasteiger partial charge in [-0.25, -0.2) is 0 Å². The fourth-order valence-corrected chi connectivity index (χ4v) is 4.59. The summed E-state index contributed by atoms with van der Waals surface area (Å²) in [5, 5.41) is 6.93. The van der Waals surface area contributed by atoms with E-state index >= 15 is 0 Å². The van der Waals surface area contributed by atoms with E-state index in [0.29, 0.717) is 31.3 Å². The Kier molecular flexibility index (Phi) is 9.06. The summed E-state index contributed by atoms with van der Waals surface area (Å²) >= 11 is 0. The highest BCUT2D eigenvalue weighted by molar-refractivity contribution is 5.80. The van der Waals surface area contributed by atoms with Gasteiger partial charge in [0.05, 0.1) is 14.2 Å². The number of nitrogens with zero attached hydrogens (tertiary/aromatic N) is 2. The normalized spacial score (nSPS) is 21.0. The number of aliphatic imine (C=N–C) groups is 1. The summed E-state index contributed by atoms with van der Waals surface area (Å²) in [6, 6.07) is 4.54. The number of amides is 1. The third kappa shape index (κ3) is 6.53. The lowest BCUT2D eigenvalue weighted by Gasteiger charge is -2.30. The van der Waals surface area contributed by atoms with Crippen LogP contribution in [0, 0.1) is 5.92 Å². The molecular formula is C25H40N4O3. The van der Waals surface area contributed by atoms with Gasteiger partial charge in [-0.3, -0.25) is 9.79 Å². The van der Waals surface area contributed by atoms with Crippen LogP contribution in [0.3, 0.4) is 0 Å². The summed E-state index contributed by atoms with van der Waals surface area (Å²) in [5.41, 5.74) is 2.37. The number of methoxy groups -OCH3 is 2. The van der Waals surface area contributed by atoms with Crippen LogP contribution in [0.4, 0.5) is 0 Å². The van der Waals surface area contributed by atoms with Gasteiger partial charge in [0.15, 0.2) is 17.5 Å². The van der Waals surface area contributed by atoms with E-state index in [1.807, 2.05) is 17.0 Å². The predicted octanol–water partition coefficient (Wildman–Crippen LogP) is 3.50. The van der Waals surface area contributed by atoms with Crippen LogP contribution in [0.2, 0.25) is 0 Å². The van der Waals surface area contributed by atoms with Crippen molar-refractivity contribution >= 4 is 11.9 Å². The fourth-order valence-electron chi connectivity index (χ4n) is 4.59. The molecule has 0 saturated heterocycles. The number of guanidine groups is 1. The highest BCUT2D eigenvalue weighted by Gasteiger charge is 2.23. The number of hydrogen-bond donors (Lipinski definition) is 2. The SMILES string of the molecule is CCNC(=NCCCC(=O)N1CCc2cc(OC)c(OC)cc2C1)NC1CCC(C)CC1. The third-order valence-corrected chi connectivity index (χ3v) is 6.59. The molecule has 7 nitrogen and oxygen atoms in total. The lowest BCUT2D eigenvalue weighted by Crippen LogP contribution is -2.44. The molecule has 1 fully saturated rings. The van der Waals surface area contributed by atoms with Crippen molar-refractivity contribution in [3.63, 3.8) is 0 Å². The number of carbonyl (C=O) groups is 1. The van der Waals surface area contributed by atoms with Gasteiger partial charge >= 0.3 is 0 Å². The van der Waals surface area contributed by atoms with E-state index in [1.165, 1.54) is 31.2 Å². The second-order valence-corrected chi connectivity index (χ2v) is 9.01. The van der Waals surface area contributed by atoms with Crippen molar-refractivity contribution < 1.29 is 14.3 Å². The fraction of sp³-hybridized carbons (Fsp3) is 0.680. The molecule has 1 aliphatic carbocycles. The first-order chi connectivity index (χ1) is 15.5. The summed E-state index contributed by atoms with van der Waals surface area (Å²) in [7, 11) is 3.29. The molecule has 32 heavy (non-hydrogen) atoms. The quantitative estimate of drug-likeness (QED) is 0.365. The lowest BCUT2D eigenvalue weighted by molar-refractivity contribution is -0.132. The monoisotopic (exact) mass is 444 g/mol. The molecule has 0 atom stereocenters. The molecule has 3 rings (SSSR count). The van der Waals surface area contributed by atoms with Gasteiger partial charge in [0.1, 0.15) is 0 Å². The number of benzene rings is 1. The lowest BCUT2D eigenvalue weighted by atomic mass is 9.87. The number of fused-ring (bicyclic) bond motifs is 1. The molecular weight excluding hydrogens is 404 g/mol. The van der Waals surface area contributed by atoms with E-state index < -0.39 is 0 Å². The van der Waals surface area contributed by atoms with E-state index in [2.05, 4.69) is 24.5 Å². The van der Waals surface area contributed by atoms with Crippen molar-refractivity contribution in [2.45, 2.75) is 71.4 Å². The molecule has 0 radical (unpaired) electrons. The van der Waals surface area contributed by atoms with Crippen LogP contribution in [0.1, 0.15) is 63.5 Å². The molecule has 1 saturated carbocycles. The average Bonchev–Trinajstić information content (AvgIpc) is 2.81. The molecule has 178 valence electrons. The van der Waals surface area contributed by atoms with Crippen molar-refractivity contribution in [3.8, 4) is 11.5 Å². The molecule has 1 amide bonds. The van der Waals surface area contributed by atoms with Crippen LogP contribution in [0.15, 0.2) is 17.1 Å². The van der Waals surface area contributed by atoms with Gasteiger partial charge in [-0.15, -0.1) is 0 Å². The largest absolute Gasteiger partial charge is 0.493 e. The molecule has 7 heteroatoms. The Morgan fingerprint density at radius 2 is 1.81 bits per heavy atom. The number of nitrogens with one attached hydrogen (secondary N) is 2. The van der Waals surface area contributed by atoms with Crippen LogP contribution in [0.25, 0.3) is 0 Å². The van der Waals surface area contributed by atoms with Crippen LogP contribution < -0.4 is 20.1 Å². The van der Waals surface area contributed by atoms with Gasteiger partial charge in [0, 0.05) is 38.6 Å². The maximum Gasteiger partial charge on any atom is 0.222 e. The first-order valence-electron chi connectivity index (χ1n) is 12.1. The molecule has 2 aliphatic rings. The third-order valence-electron chi connectivity index (χ3n) is 6.59. The average molecular weight is 445 g/mol. The van der Waals surface area contributed by atoms with Gasteiger partial charge in [-0.1, -0.05) is 6.92 Å². The maximum absolute atomic E-state index is 12.8. The number of ether oxygens (including phenoxy) is 2. The first-order valence-corrected chi connectivity index (χ1v) is 12.1. The Balaban J connectivity index is 1.47. The number of carbonyl (C=O) groups excluding carboxylic acids is 1. The van der Waals surface area contributed by atoms with Gasteiger partial charge in [-0.05, 0) is 74.6 Å². The minimum atomic E-state index is 0.194. The minimum absolute atomic E-state index is 0.194. The van der Waals surface area contributed by atoms with Crippen molar-refractivity contribution in [3.05, 3.63) is 23.3 Å². The van der Waals surface area contributed by atoms with Crippen LogP contribution in [-0.4, -0.2) is 56.7 Å². The Morgan fingerprint density at radius 1 is 1.12 bits per heavy atom. The topological polar surface area (TPSA) is 75.2 Å². The van der Waals surface area contributed by atoms with Crippen molar-refractivity contribution in [2.24, 2.45) is 10.9 Å². The smallest absolute Gasteiger partial charge is 0.222 e. The Bertz CT molecular complexity index is 788. The molecule has 1 heterocycles. The Morgan fingerprint density at radius 3 is 2.47 bits per heavy atom. The highest BCUT2D eigenvalue weighted by Crippen LogP contribution is 2.33. The summed E-state index contributed by atoms with van der Waals surface area (Å²) in [6.07, 6.45) is 7.09. The highest BCUT2D eigenvalue weighted by atomic mass is 16.5. The van der Waals surface area contributed by atoms with E-state index in [-0.39, 0.29) is 5.91 Å². The van der Waals surface area contributed by atoms with Gasteiger partial charge < -0.3 is 25.0 Å². The van der Waals surface area contributed by atoms with Crippen LogP contribution >= 0.6 is 0 Å². The van der Waals surface area contributed by atoms with Crippen LogP contribution in [-0.2, 0) is 17.8 Å². The number of rotatable bonds is 8. The summed E-state index contributed by atoms with van der Waals surface area (Å²) in [6.45, 7) is 7.29. The zero-order valence-electron chi connectivity index (χ0n) is 20.2. The van der Waals surface area contributed by atoms with Crippen molar-refractivity contribution in [1.82, 2.24) is 15.5 Å². The van der Waals surface area contributed by atoms with E-state index in [0.717, 1.165) is 49.1 Å². The van der Waals surface area contributed by atoms with E-state index in [1.54, 1.807) is 14.2 Å². The minimum Gasteiger partial charge on any atom is -0.493 e.